The lowest BCUT2D eigenvalue weighted by molar-refractivity contribution is -0.139. The van der Waals surface area contributed by atoms with Crippen LogP contribution in [-0.2, 0) is 16.1 Å². The quantitative estimate of drug-likeness (QED) is 0.174. The minimum atomic E-state index is -0.822. The van der Waals surface area contributed by atoms with Crippen LogP contribution in [0.15, 0.2) is 81.7 Å². The number of hydrogen-bond acceptors (Lipinski definition) is 8. The van der Waals surface area contributed by atoms with Crippen LogP contribution in [-0.4, -0.2) is 29.9 Å². The number of carbonyl (C=O) groups is 1. The zero-order chi connectivity index (χ0) is 33.0. The van der Waals surface area contributed by atoms with Crippen molar-refractivity contribution in [1.29, 1.82) is 0 Å². The number of hydrogen-bond donors (Lipinski definition) is 0. The van der Waals surface area contributed by atoms with Crippen molar-refractivity contribution in [2.75, 3.05) is 13.2 Å². The van der Waals surface area contributed by atoms with Crippen LogP contribution in [0, 0.1) is 5.82 Å². The number of carbonyl (C=O) groups excluding carboxylic acids is 1. The number of benzene rings is 3. The maximum atomic E-state index is 14.2. The van der Waals surface area contributed by atoms with Gasteiger partial charge in [0.05, 0.1) is 40.1 Å². The zero-order valence-corrected chi connectivity index (χ0v) is 27.7. The zero-order valence-electron chi connectivity index (χ0n) is 26.1. The molecule has 1 aliphatic rings. The van der Waals surface area contributed by atoms with E-state index in [0.29, 0.717) is 50.0 Å². The van der Waals surface area contributed by atoms with Crippen molar-refractivity contribution in [3.05, 3.63) is 119 Å². The van der Waals surface area contributed by atoms with Crippen molar-refractivity contribution < 1.29 is 28.1 Å². The first-order chi connectivity index (χ1) is 22.1. The van der Waals surface area contributed by atoms with Crippen LogP contribution in [0.5, 0.6) is 17.2 Å². The van der Waals surface area contributed by atoms with E-state index in [2.05, 4.69) is 4.99 Å². The Bertz CT molecular complexity index is 1970. The summed E-state index contributed by atoms with van der Waals surface area (Å²) in [5.41, 5.74) is 2.40. The van der Waals surface area contributed by atoms with E-state index >= 15 is 0 Å². The first-order valence-electron chi connectivity index (χ1n) is 14.9. The van der Waals surface area contributed by atoms with Crippen LogP contribution >= 0.6 is 22.9 Å². The van der Waals surface area contributed by atoms with Gasteiger partial charge in [0.25, 0.3) is 5.56 Å². The molecule has 0 saturated carbocycles. The summed E-state index contributed by atoms with van der Waals surface area (Å²) in [6.45, 7) is 9.81. The molecular weight excluding hydrogens is 631 g/mol. The van der Waals surface area contributed by atoms with Gasteiger partial charge in [0.1, 0.15) is 24.2 Å². The predicted molar refractivity (Wildman–Crippen MR) is 176 cm³/mol. The van der Waals surface area contributed by atoms with Crippen LogP contribution in [0.25, 0.3) is 6.08 Å². The lowest BCUT2D eigenvalue weighted by Gasteiger charge is -2.26. The molecule has 8 nitrogen and oxygen atoms in total. The van der Waals surface area contributed by atoms with E-state index in [1.807, 2.05) is 45.0 Å². The molecule has 0 fully saturated rings. The summed E-state index contributed by atoms with van der Waals surface area (Å²) in [4.78, 5) is 32.6. The standard InChI is InChI=1S/C35H34ClFN2O6S/c1-6-42-28-17-23(16-26(36)32(28)44-19-22-12-14-24(37)15-13-22)18-29-33(40)39-31(25-10-8-9-11-27(25)45-20(3)4)30(34(41)43-7-2)21(5)38-35(39)46-29/h8-18,20,31H,6-7,19H2,1-5H3/b29-18+/t31-/m1/s1. The van der Waals surface area contributed by atoms with E-state index in [-0.39, 0.29) is 41.3 Å². The van der Waals surface area contributed by atoms with Crippen LogP contribution in [0.4, 0.5) is 4.39 Å². The number of thiazole rings is 1. The highest BCUT2D eigenvalue weighted by molar-refractivity contribution is 7.07. The molecule has 0 N–H and O–H groups in total. The Kier molecular flexibility index (Phi) is 10.3. The summed E-state index contributed by atoms with van der Waals surface area (Å²) in [5.74, 6) is 0.403. The highest BCUT2D eigenvalue weighted by Gasteiger charge is 2.35. The fourth-order valence-corrected chi connectivity index (χ4v) is 6.44. The van der Waals surface area contributed by atoms with Crippen molar-refractivity contribution in [3.8, 4) is 17.2 Å². The van der Waals surface area contributed by atoms with E-state index in [1.54, 1.807) is 44.2 Å². The summed E-state index contributed by atoms with van der Waals surface area (Å²) < 4.78 is 38.6. The fraction of sp³-hybridized carbons (Fsp3) is 0.286. The topological polar surface area (TPSA) is 88.4 Å². The minimum absolute atomic E-state index is 0.139. The van der Waals surface area contributed by atoms with Gasteiger partial charge in [-0.3, -0.25) is 9.36 Å². The molecular formula is C35H34ClFN2O6S. The first kappa shape index (κ1) is 33.0. The van der Waals surface area contributed by atoms with Crippen molar-refractivity contribution in [3.63, 3.8) is 0 Å². The Morgan fingerprint density at radius 2 is 1.80 bits per heavy atom. The number of aromatic nitrogens is 1. The lowest BCUT2D eigenvalue weighted by Crippen LogP contribution is -2.40. The minimum Gasteiger partial charge on any atom is -0.491 e. The number of fused-ring (bicyclic) bond motifs is 1. The summed E-state index contributed by atoms with van der Waals surface area (Å²) in [6, 6.07) is 15.9. The van der Waals surface area contributed by atoms with Crippen LogP contribution in [0.1, 0.15) is 57.4 Å². The van der Waals surface area contributed by atoms with Gasteiger partial charge in [-0.15, -0.1) is 0 Å². The molecule has 4 aromatic rings. The van der Waals surface area contributed by atoms with Gasteiger partial charge < -0.3 is 18.9 Å². The maximum absolute atomic E-state index is 14.2. The average molecular weight is 665 g/mol. The maximum Gasteiger partial charge on any atom is 0.338 e. The van der Waals surface area contributed by atoms with Gasteiger partial charge in [-0.25, -0.2) is 14.2 Å². The summed E-state index contributed by atoms with van der Waals surface area (Å²) in [7, 11) is 0. The van der Waals surface area contributed by atoms with Crippen molar-refractivity contribution >= 4 is 35.0 Å². The van der Waals surface area contributed by atoms with Gasteiger partial charge in [0, 0.05) is 5.56 Å². The fourth-order valence-electron chi connectivity index (χ4n) is 5.12. The molecule has 0 bridgehead atoms. The van der Waals surface area contributed by atoms with Gasteiger partial charge in [0.15, 0.2) is 16.3 Å². The SMILES string of the molecule is CCOC(=O)C1=C(C)N=c2s/c(=C/c3cc(Cl)c(OCc4ccc(F)cc4)c(OCC)c3)c(=O)n2[C@@H]1c1ccccc1OC(C)C. The number of rotatable bonds is 11. The number of nitrogens with zero attached hydrogens (tertiary/aromatic N) is 2. The van der Waals surface area contributed by atoms with Gasteiger partial charge in [0.2, 0.25) is 0 Å². The van der Waals surface area contributed by atoms with Crippen molar-refractivity contribution in [1.82, 2.24) is 4.57 Å². The van der Waals surface area contributed by atoms with Crippen molar-refractivity contribution in [2.24, 2.45) is 4.99 Å². The van der Waals surface area contributed by atoms with Gasteiger partial charge in [-0.1, -0.05) is 53.3 Å². The van der Waals surface area contributed by atoms with Gasteiger partial charge in [-0.2, -0.15) is 0 Å². The molecule has 1 aliphatic heterocycles. The van der Waals surface area contributed by atoms with E-state index in [9.17, 15) is 14.0 Å². The number of halogens is 2. The first-order valence-corrected chi connectivity index (χ1v) is 16.1. The number of allylic oxidation sites excluding steroid dienone is 1. The summed E-state index contributed by atoms with van der Waals surface area (Å²) >= 11 is 7.88. The van der Waals surface area contributed by atoms with Gasteiger partial charge >= 0.3 is 5.97 Å². The predicted octanol–water partition coefficient (Wildman–Crippen LogP) is 6.36. The smallest absolute Gasteiger partial charge is 0.338 e. The second-order valence-electron chi connectivity index (χ2n) is 10.7. The molecule has 1 aromatic heterocycles. The molecule has 5 rings (SSSR count). The number of esters is 1. The third kappa shape index (κ3) is 7.03. The highest BCUT2D eigenvalue weighted by Crippen LogP contribution is 2.38. The molecule has 3 aromatic carbocycles. The molecule has 0 radical (unpaired) electrons. The second kappa shape index (κ2) is 14.3. The Balaban J connectivity index is 1.61. The third-order valence-electron chi connectivity index (χ3n) is 7.02. The number of ether oxygens (including phenoxy) is 4. The normalized spacial score (nSPS) is 14.6. The van der Waals surface area contributed by atoms with E-state index in [0.717, 1.165) is 5.56 Å². The number of para-hydroxylation sites is 1. The molecule has 2 heterocycles. The molecule has 0 spiro atoms. The third-order valence-corrected chi connectivity index (χ3v) is 8.28. The molecule has 11 heteroatoms. The molecule has 0 amide bonds. The second-order valence-corrected chi connectivity index (χ2v) is 12.1. The van der Waals surface area contributed by atoms with Crippen LogP contribution < -0.4 is 29.1 Å². The molecule has 240 valence electrons. The van der Waals surface area contributed by atoms with Gasteiger partial charge in [-0.05, 0) is 82.2 Å². The average Bonchev–Trinajstić information content (AvgIpc) is 3.31. The molecule has 0 saturated heterocycles. The molecule has 0 aliphatic carbocycles. The summed E-state index contributed by atoms with van der Waals surface area (Å²) in [6.07, 6.45) is 1.57. The highest BCUT2D eigenvalue weighted by atomic mass is 35.5. The van der Waals surface area contributed by atoms with Crippen LogP contribution in [0.2, 0.25) is 5.02 Å². The van der Waals surface area contributed by atoms with E-state index in [4.69, 9.17) is 30.5 Å². The van der Waals surface area contributed by atoms with Crippen LogP contribution in [0.3, 0.4) is 0 Å². The molecule has 0 unspecified atom stereocenters. The Labute approximate surface area is 275 Å². The Morgan fingerprint density at radius 3 is 2.50 bits per heavy atom. The Hall–Kier alpha value is -4.41. The molecule has 46 heavy (non-hydrogen) atoms. The van der Waals surface area contributed by atoms with E-state index < -0.39 is 12.0 Å². The monoisotopic (exact) mass is 664 g/mol. The summed E-state index contributed by atoms with van der Waals surface area (Å²) in [5, 5.41) is 0.283. The largest absolute Gasteiger partial charge is 0.491 e. The molecule has 1 atom stereocenters. The Morgan fingerprint density at radius 1 is 1.07 bits per heavy atom. The lowest BCUT2D eigenvalue weighted by atomic mass is 9.95. The van der Waals surface area contributed by atoms with E-state index in [1.165, 1.54) is 28.0 Å². The van der Waals surface area contributed by atoms with Crippen molar-refractivity contribution in [2.45, 2.75) is 53.4 Å².